The van der Waals surface area contributed by atoms with E-state index in [1.165, 1.54) is 22.7 Å². The van der Waals surface area contributed by atoms with Gasteiger partial charge in [0.05, 0.1) is 12.0 Å². The van der Waals surface area contributed by atoms with Crippen LogP contribution in [0.25, 0.3) is 0 Å². The molecule has 0 N–H and O–H groups in total. The highest BCUT2D eigenvalue weighted by Gasteiger charge is 2.24. The lowest BCUT2D eigenvalue weighted by atomic mass is 10.1. The summed E-state index contributed by atoms with van der Waals surface area (Å²) in [5.74, 6) is 0.470. The zero-order valence-corrected chi connectivity index (χ0v) is 18.8. The third kappa shape index (κ3) is 4.75. The zero-order valence-electron chi connectivity index (χ0n) is 17.1. The number of carbonyl (C=O) groups is 1. The fourth-order valence-electron chi connectivity index (χ4n) is 3.57. The fraction of sp³-hybridized carbons (Fsp3) is 0.333. The summed E-state index contributed by atoms with van der Waals surface area (Å²) in [7, 11) is -2.06. The van der Waals surface area contributed by atoms with Crippen molar-refractivity contribution in [3.8, 4) is 5.75 Å². The van der Waals surface area contributed by atoms with Gasteiger partial charge in [0.15, 0.2) is 6.61 Å². The first-order valence-corrected chi connectivity index (χ1v) is 12.3. The molecule has 3 aromatic rings. The van der Waals surface area contributed by atoms with Gasteiger partial charge in [0.2, 0.25) is 0 Å². The second kappa shape index (κ2) is 9.11. The molecule has 1 fully saturated rings. The van der Waals surface area contributed by atoms with Crippen molar-refractivity contribution in [1.29, 1.82) is 0 Å². The van der Waals surface area contributed by atoms with Crippen LogP contribution in [0.15, 0.2) is 64.7 Å². The van der Waals surface area contributed by atoms with E-state index in [1.807, 2.05) is 17.4 Å². The molecule has 1 aliphatic rings. The van der Waals surface area contributed by atoms with Gasteiger partial charge in [-0.15, -0.1) is 11.3 Å². The molecule has 0 spiro atoms. The number of benzene rings is 1. The van der Waals surface area contributed by atoms with E-state index in [0.717, 1.165) is 12.8 Å². The molecule has 0 atom stereocenters. The van der Waals surface area contributed by atoms with E-state index in [4.69, 9.17) is 4.74 Å². The summed E-state index contributed by atoms with van der Waals surface area (Å²) in [6.45, 7) is 1.34. The molecule has 0 unspecified atom stereocenters. The van der Waals surface area contributed by atoms with E-state index in [1.54, 1.807) is 48.0 Å². The van der Waals surface area contributed by atoms with Crippen LogP contribution in [0.2, 0.25) is 0 Å². The Labute approximate surface area is 185 Å². The van der Waals surface area contributed by atoms with Crippen LogP contribution in [0, 0.1) is 0 Å². The SMILES string of the molecule is CN(c1ccc(OCC(=O)N2CCC(n3ccnc3)CC2)cc1)S(=O)(=O)c1cccs1. The molecule has 1 amide bonds. The third-order valence-corrected chi connectivity index (χ3v) is 8.59. The second-order valence-corrected chi connectivity index (χ2v) is 10.5. The van der Waals surface area contributed by atoms with Crippen molar-refractivity contribution < 1.29 is 17.9 Å². The van der Waals surface area contributed by atoms with Crippen molar-refractivity contribution in [2.45, 2.75) is 23.1 Å². The summed E-state index contributed by atoms with van der Waals surface area (Å²) in [6, 6.07) is 10.4. The van der Waals surface area contributed by atoms with E-state index in [2.05, 4.69) is 9.55 Å². The van der Waals surface area contributed by atoms with Gasteiger partial charge in [0.25, 0.3) is 15.9 Å². The summed E-state index contributed by atoms with van der Waals surface area (Å²) in [6.07, 6.45) is 7.33. The molecule has 1 aromatic carbocycles. The molecule has 0 aliphatic carbocycles. The van der Waals surface area contributed by atoms with Gasteiger partial charge in [-0.05, 0) is 48.6 Å². The Bertz CT molecular complexity index is 1090. The van der Waals surface area contributed by atoms with E-state index in [0.29, 0.717) is 30.6 Å². The number of ether oxygens (including phenoxy) is 1. The summed E-state index contributed by atoms with van der Waals surface area (Å²) in [5, 5.41) is 1.73. The maximum absolute atomic E-state index is 12.6. The lowest BCUT2D eigenvalue weighted by Crippen LogP contribution is -2.41. The number of hydrogen-bond donors (Lipinski definition) is 0. The molecule has 0 saturated carbocycles. The van der Waals surface area contributed by atoms with Gasteiger partial charge in [-0.2, -0.15) is 0 Å². The first-order valence-electron chi connectivity index (χ1n) is 9.95. The Hall–Kier alpha value is -2.85. The number of anilines is 1. The number of thiophene rings is 1. The molecule has 1 aliphatic heterocycles. The average Bonchev–Trinajstić information content (AvgIpc) is 3.52. The molecule has 1 saturated heterocycles. The minimum Gasteiger partial charge on any atom is -0.484 e. The monoisotopic (exact) mass is 460 g/mol. The van der Waals surface area contributed by atoms with E-state index >= 15 is 0 Å². The van der Waals surface area contributed by atoms with Crippen LogP contribution in [-0.4, -0.2) is 55.5 Å². The van der Waals surface area contributed by atoms with Gasteiger partial charge in [-0.1, -0.05) is 6.07 Å². The number of sulfonamides is 1. The molecule has 2 aromatic heterocycles. The maximum Gasteiger partial charge on any atom is 0.273 e. The summed E-state index contributed by atoms with van der Waals surface area (Å²) >= 11 is 1.18. The summed E-state index contributed by atoms with van der Waals surface area (Å²) in [4.78, 5) is 18.4. The van der Waals surface area contributed by atoms with E-state index < -0.39 is 10.0 Å². The highest BCUT2D eigenvalue weighted by atomic mass is 32.2. The molecule has 10 heteroatoms. The number of amides is 1. The molecule has 0 bridgehead atoms. The summed E-state index contributed by atoms with van der Waals surface area (Å²) in [5.41, 5.74) is 0.522. The van der Waals surface area contributed by atoms with Crippen molar-refractivity contribution in [3.63, 3.8) is 0 Å². The van der Waals surface area contributed by atoms with Crippen molar-refractivity contribution in [2.24, 2.45) is 0 Å². The van der Waals surface area contributed by atoms with Crippen molar-refractivity contribution in [2.75, 3.05) is 31.0 Å². The minimum absolute atomic E-state index is 0.0432. The molecule has 4 rings (SSSR count). The van der Waals surface area contributed by atoms with Crippen LogP contribution in [-0.2, 0) is 14.8 Å². The van der Waals surface area contributed by atoms with Gasteiger partial charge in [-0.25, -0.2) is 13.4 Å². The summed E-state index contributed by atoms with van der Waals surface area (Å²) < 4.78 is 34.5. The normalized spacial score (nSPS) is 15.1. The Kier molecular flexibility index (Phi) is 6.28. The minimum atomic E-state index is -3.58. The van der Waals surface area contributed by atoms with Gasteiger partial charge in [0, 0.05) is 38.6 Å². The fourth-order valence-corrected chi connectivity index (χ4v) is 5.93. The molecule has 31 heavy (non-hydrogen) atoms. The van der Waals surface area contributed by atoms with Crippen LogP contribution >= 0.6 is 11.3 Å². The van der Waals surface area contributed by atoms with Crippen LogP contribution in [0.3, 0.4) is 0 Å². The van der Waals surface area contributed by atoms with Gasteiger partial charge in [-0.3, -0.25) is 9.10 Å². The standard InChI is InChI=1S/C21H24N4O4S2/c1-23(31(27,28)21-3-2-14-30-21)17-4-6-19(7-5-17)29-15-20(26)24-11-8-18(9-12-24)25-13-10-22-16-25/h2-7,10,13-14,16,18H,8-9,11-12,15H2,1H3. The van der Waals surface area contributed by atoms with Crippen molar-refractivity contribution in [1.82, 2.24) is 14.5 Å². The smallest absolute Gasteiger partial charge is 0.273 e. The Morgan fingerprint density at radius 2 is 1.97 bits per heavy atom. The van der Waals surface area contributed by atoms with Crippen LogP contribution in [0.4, 0.5) is 5.69 Å². The van der Waals surface area contributed by atoms with Crippen LogP contribution < -0.4 is 9.04 Å². The quantitative estimate of drug-likeness (QED) is 0.541. The molecule has 3 heterocycles. The Morgan fingerprint density at radius 3 is 2.58 bits per heavy atom. The molecule has 8 nitrogen and oxygen atoms in total. The maximum atomic E-state index is 12.6. The lowest BCUT2D eigenvalue weighted by molar-refractivity contribution is -0.134. The first-order chi connectivity index (χ1) is 14.9. The second-order valence-electron chi connectivity index (χ2n) is 7.31. The van der Waals surface area contributed by atoms with Crippen molar-refractivity contribution in [3.05, 3.63) is 60.5 Å². The molecular formula is C21H24N4O4S2. The predicted octanol–water partition coefficient (Wildman–Crippen LogP) is 3.01. The number of likely N-dealkylation sites (tertiary alicyclic amines) is 1. The van der Waals surface area contributed by atoms with Gasteiger partial charge >= 0.3 is 0 Å². The van der Waals surface area contributed by atoms with Crippen molar-refractivity contribution >= 4 is 33.0 Å². The zero-order chi connectivity index (χ0) is 21.8. The number of nitrogens with zero attached hydrogens (tertiary/aromatic N) is 4. The number of piperidine rings is 1. The van der Waals surface area contributed by atoms with Crippen LogP contribution in [0.1, 0.15) is 18.9 Å². The Morgan fingerprint density at radius 1 is 1.23 bits per heavy atom. The van der Waals surface area contributed by atoms with Gasteiger partial charge in [0.1, 0.15) is 9.96 Å². The molecule has 164 valence electrons. The Balaban J connectivity index is 1.29. The molecular weight excluding hydrogens is 436 g/mol. The number of rotatable bonds is 7. The van der Waals surface area contributed by atoms with Gasteiger partial charge < -0.3 is 14.2 Å². The first kappa shape index (κ1) is 21.4. The average molecular weight is 461 g/mol. The number of aromatic nitrogens is 2. The highest BCUT2D eigenvalue weighted by molar-refractivity contribution is 7.94. The topological polar surface area (TPSA) is 84.7 Å². The largest absolute Gasteiger partial charge is 0.484 e. The van der Waals surface area contributed by atoms with E-state index in [-0.39, 0.29) is 16.7 Å². The number of carbonyl (C=O) groups excluding carboxylic acids is 1. The predicted molar refractivity (Wildman–Crippen MR) is 119 cm³/mol. The van der Waals surface area contributed by atoms with E-state index in [9.17, 15) is 13.2 Å². The lowest BCUT2D eigenvalue weighted by Gasteiger charge is -2.32. The molecule has 0 radical (unpaired) electrons. The third-order valence-electron chi connectivity index (χ3n) is 5.44. The number of hydrogen-bond acceptors (Lipinski definition) is 6. The number of imidazole rings is 1. The van der Waals surface area contributed by atoms with Crippen LogP contribution in [0.5, 0.6) is 5.75 Å². The highest BCUT2D eigenvalue weighted by Crippen LogP contribution is 2.27.